The van der Waals surface area contributed by atoms with Gasteiger partial charge in [0, 0.05) is 13.2 Å². The van der Waals surface area contributed by atoms with Gasteiger partial charge < -0.3 is 10.4 Å². The molecule has 1 amide bonds. The highest BCUT2D eigenvalue weighted by molar-refractivity contribution is 6.43. The molecule has 6 heteroatoms. The second kappa shape index (κ2) is 7.19. The van der Waals surface area contributed by atoms with Crippen LogP contribution in [0.25, 0.3) is 5.69 Å². The first kappa shape index (κ1) is 16.9. The van der Waals surface area contributed by atoms with Crippen LogP contribution in [0.2, 0.25) is 0 Å². The molecular weight excluding hydrogens is 294 g/mol. The molecular formula is C17H21N3O3. The molecule has 23 heavy (non-hydrogen) atoms. The van der Waals surface area contributed by atoms with Crippen LogP contribution < -0.4 is 5.32 Å². The summed E-state index contributed by atoms with van der Waals surface area (Å²) < 4.78 is 1.66. The molecule has 0 fully saturated rings. The Bertz CT molecular complexity index is 707. The molecule has 1 aromatic carbocycles. The van der Waals surface area contributed by atoms with Gasteiger partial charge >= 0.3 is 0 Å². The summed E-state index contributed by atoms with van der Waals surface area (Å²) in [4.78, 5) is 24.4. The van der Waals surface area contributed by atoms with Crippen molar-refractivity contribution in [1.82, 2.24) is 15.1 Å². The van der Waals surface area contributed by atoms with Gasteiger partial charge in [-0.3, -0.25) is 9.59 Å². The lowest BCUT2D eigenvalue weighted by Crippen LogP contribution is -2.35. The Morgan fingerprint density at radius 1 is 1.26 bits per heavy atom. The number of nitrogens with zero attached hydrogens (tertiary/aromatic N) is 2. The van der Waals surface area contributed by atoms with Crippen LogP contribution in [0.1, 0.15) is 28.7 Å². The molecule has 0 saturated heterocycles. The Morgan fingerprint density at radius 2 is 1.91 bits per heavy atom. The van der Waals surface area contributed by atoms with Gasteiger partial charge in [0.1, 0.15) is 0 Å². The zero-order valence-corrected chi connectivity index (χ0v) is 13.5. The number of para-hydroxylation sites is 1. The van der Waals surface area contributed by atoms with Crippen LogP contribution in [-0.2, 0) is 4.79 Å². The average Bonchev–Trinajstić information content (AvgIpc) is 2.87. The lowest BCUT2D eigenvalue weighted by molar-refractivity contribution is -0.117. The van der Waals surface area contributed by atoms with Gasteiger partial charge in [0.25, 0.3) is 11.7 Å². The maximum absolute atomic E-state index is 12.4. The standard InChI is InChI=1S/C17H21N3O3/c1-11(10-21)9-18-17(23)16(22)15-12(2)19-20(13(15)3)14-7-5-4-6-8-14/h4-8,11,21H,9-10H2,1-3H3,(H,18,23). The van der Waals surface area contributed by atoms with E-state index >= 15 is 0 Å². The molecule has 122 valence electrons. The number of carbonyl (C=O) groups is 2. The molecule has 0 bridgehead atoms. The van der Waals surface area contributed by atoms with E-state index in [1.54, 1.807) is 25.5 Å². The van der Waals surface area contributed by atoms with Crippen molar-refractivity contribution in [3.05, 3.63) is 47.3 Å². The molecule has 0 aliphatic carbocycles. The number of hydrogen-bond donors (Lipinski definition) is 2. The van der Waals surface area contributed by atoms with E-state index < -0.39 is 11.7 Å². The molecule has 0 aliphatic rings. The van der Waals surface area contributed by atoms with Gasteiger partial charge in [0.15, 0.2) is 0 Å². The van der Waals surface area contributed by atoms with Gasteiger partial charge in [0.05, 0.1) is 22.6 Å². The van der Waals surface area contributed by atoms with Crippen molar-refractivity contribution in [2.75, 3.05) is 13.2 Å². The maximum Gasteiger partial charge on any atom is 0.292 e. The van der Waals surface area contributed by atoms with Crippen LogP contribution in [0.5, 0.6) is 0 Å². The monoisotopic (exact) mass is 315 g/mol. The van der Waals surface area contributed by atoms with Gasteiger partial charge in [-0.05, 0) is 31.9 Å². The molecule has 0 radical (unpaired) electrons. The largest absolute Gasteiger partial charge is 0.396 e. The molecule has 1 unspecified atom stereocenters. The minimum atomic E-state index is -0.677. The lowest BCUT2D eigenvalue weighted by atomic mass is 10.1. The summed E-state index contributed by atoms with van der Waals surface area (Å²) in [5.74, 6) is -1.38. The van der Waals surface area contributed by atoms with Crippen LogP contribution in [0, 0.1) is 19.8 Å². The third kappa shape index (κ3) is 3.65. The Labute approximate surface area is 135 Å². The molecule has 1 atom stereocenters. The fourth-order valence-electron chi connectivity index (χ4n) is 2.32. The normalized spacial score (nSPS) is 12.0. The molecule has 2 N–H and O–H groups in total. The summed E-state index contributed by atoms with van der Waals surface area (Å²) in [5.41, 5.74) is 2.30. The van der Waals surface area contributed by atoms with Crippen molar-refractivity contribution in [3.8, 4) is 5.69 Å². The van der Waals surface area contributed by atoms with Gasteiger partial charge in [-0.25, -0.2) is 4.68 Å². The van der Waals surface area contributed by atoms with E-state index in [1.165, 1.54) is 0 Å². The number of Topliss-reactive ketones (excluding diaryl/α,β-unsaturated/α-hetero) is 1. The lowest BCUT2D eigenvalue weighted by Gasteiger charge is -2.09. The van der Waals surface area contributed by atoms with E-state index in [0.717, 1.165) is 5.69 Å². The number of aliphatic hydroxyl groups excluding tert-OH is 1. The second-order valence-corrected chi connectivity index (χ2v) is 5.62. The number of rotatable bonds is 6. The summed E-state index contributed by atoms with van der Waals surface area (Å²) in [6, 6.07) is 9.44. The van der Waals surface area contributed by atoms with E-state index in [9.17, 15) is 9.59 Å². The Balaban J connectivity index is 2.25. The zero-order valence-electron chi connectivity index (χ0n) is 13.5. The highest BCUT2D eigenvalue weighted by atomic mass is 16.3. The predicted octanol–water partition coefficient (Wildman–Crippen LogP) is 1.42. The number of ketones is 1. The minimum Gasteiger partial charge on any atom is -0.396 e. The van der Waals surface area contributed by atoms with Crippen molar-refractivity contribution in [1.29, 1.82) is 0 Å². The summed E-state index contributed by atoms with van der Waals surface area (Å²) in [5, 5.41) is 15.9. The summed E-state index contributed by atoms with van der Waals surface area (Å²) in [6.07, 6.45) is 0. The molecule has 2 aromatic rings. The highest BCUT2D eigenvalue weighted by Crippen LogP contribution is 2.18. The Kier molecular flexibility index (Phi) is 5.28. The van der Waals surface area contributed by atoms with Gasteiger partial charge in [0.2, 0.25) is 0 Å². The molecule has 1 heterocycles. The minimum absolute atomic E-state index is 0.0432. The van der Waals surface area contributed by atoms with Crippen molar-refractivity contribution >= 4 is 11.7 Å². The zero-order chi connectivity index (χ0) is 17.0. The van der Waals surface area contributed by atoms with E-state index in [1.807, 2.05) is 30.3 Å². The summed E-state index contributed by atoms with van der Waals surface area (Å²) in [7, 11) is 0. The van der Waals surface area contributed by atoms with E-state index in [0.29, 0.717) is 17.0 Å². The van der Waals surface area contributed by atoms with Crippen LogP contribution in [0.3, 0.4) is 0 Å². The summed E-state index contributed by atoms with van der Waals surface area (Å²) in [6.45, 7) is 5.48. The first-order valence-corrected chi connectivity index (χ1v) is 7.50. The first-order chi connectivity index (χ1) is 11.0. The molecule has 2 rings (SSSR count). The Morgan fingerprint density at radius 3 is 2.52 bits per heavy atom. The number of carbonyl (C=O) groups excluding carboxylic acids is 2. The van der Waals surface area contributed by atoms with E-state index in [2.05, 4.69) is 10.4 Å². The number of amides is 1. The molecule has 0 spiro atoms. The van der Waals surface area contributed by atoms with Crippen molar-refractivity contribution in [2.24, 2.45) is 5.92 Å². The van der Waals surface area contributed by atoms with Gasteiger partial charge in [-0.15, -0.1) is 0 Å². The summed E-state index contributed by atoms with van der Waals surface area (Å²) >= 11 is 0. The molecule has 1 aromatic heterocycles. The third-order valence-corrected chi connectivity index (χ3v) is 3.65. The number of aliphatic hydroxyl groups is 1. The van der Waals surface area contributed by atoms with E-state index in [-0.39, 0.29) is 19.1 Å². The topological polar surface area (TPSA) is 84.2 Å². The number of benzene rings is 1. The van der Waals surface area contributed by atoms with Crippen molar-refractivity contribution in [3.63, 3.8) is 0 Å². The second-order valence-electron chi connectivity index (χ2n) is 5.62. The molecule has 6 nitrogen and oxygen atoms in total. The number of aryl methyl sites for hydroxylation is 1. The average molecular weight is 315 g/mol. The van der Waals surface area contributed by atoms with Crippen LogP contribution in [-0.4, -0.2) is 39.7 Å². The number of aromatic nitrogens is 2. The number of nitrogens with one attached hydrogen (secondary N) is 1. The Hall–Kier alpha value is -2.47. The van der Waals surface area contributed by atoms with Crippen molar-refractivity contribution in [2.45, 2.75) is 20.8 Å². The molecule has 0 saturated carbocycles. The molecule has 0 aliphatic heterocycles. The van der Waals surface area contributed by atoms with Crippen LogP contribution in [0.4, 0.5) is 0 Å². The first-order valence-electron chi connectivity index (χ1n) is 7.50. The smallest absolute Gasteiger partial charge is 0.292 e. The quantitative estimate of drug-likeness (QED) is 0.624. The fourth-order valence-corrected chi connectivity index (χ4v) is 2.32. The van der Waals surface area contributed by atoms with Gasteiger partial charge in [-0.2, -0.15) is 5.10 Å². The number of hydrogen-bond acceptors (Lipinski definition) is 4. The van der Waals surface area contributed by atoms with Crippen molar-refractivity contribution < 1.29 is 14.7 Å². The van der Waals surface area contributed by atoms with Crippen LogP contribution >= 0.6 is 0 Å². The van der Waals surface area contributed by atoms with Gasteiger partial charge in [-0.1, -0.05) is 25.1 Å². The fraction of sp³-hybridized carbons (Fsp3) is 0.353. The SMILES string of the molecule is Cc1nn(-c2ccccc2)c(C)c1C(=O)C(=O)NCC(C)CO. The van der Waals surface area contributed by atoms with E-state index in [4.69, 9.17) is 5.11 Å². The maximum atomic E-state index is 12.4. The predicted molar refractivity (Wildman–Crippen MR) is 86.6 cm³/mol. The third-order valence-electron chi connectivity index (χ3n) is 3.65. The highest BCUT2D eigenvalue weighted by Gasteiger charge is 2.25. The van der Waals surface area contributed by atoms with Crippen LogP contribution in [0.15, 0.2) is 30.3 Å².